The lowest BCUT2D eigenvalue weighted by Crippen LogP contribution is -2.43. The molecule has 1 aromatic heterocycles. The van der Waals surface area contributed by atoms with Crippen LogP contribution in [0.3, 0.4) is 0 Å². The van der Waals surface area contributed by atoms with Gasteiger partial charge in [-0.2, -0.15) is 0 Å². The summed E-state index contributed by atoms with van der Waals surface area (Å²) in [6.07, 6.45) is 10.2. The van der Waals surface area contributed by atoms with Crippen molar-refractivity contribution in [2.45, 2.75) is 71.4 Å². The predicted octanol–water partition coefficient (Wildman–Crippen LogP) is 6.75. The Labute approximate surface area is 272 Å². The van der Waals surface area contributed by atoms with Gasteiger partial charge in [0.05, 0.1) is 11.2 Å². The van der Waals surface area contributed by atoms with Crippen LogP contribution in [0.5, 0.6) is 11.5 Å². The van der Waals surface area contributed by atoms with Crippen LogP contribution in [0.4, 0.5) is 0 Å². The SMILES string of the molecule is CC(C)C(=N)/C=C\C(=N)c1ccc(Oc2cc3nc(C4CCN(C5CCOCC5)CC4)ncc3cc2CN2C[C@@H](C)CC2=O)cc1. The number of hydrogen-bond donors (Lipinski definition) is 2. The maximum Gasteiger partial charge on any atom is 0.223 e. The van der Waals surface area contributed by atoms with Crippen molar-refractivity contribution >= 4 is 28.2 Å². The fourth-order valence-electron chi connectivity index (χ4n) is 6.73. The lowest BCUT2D eigenvalue weighted by atomic mass is 9.93. The first-order chi connectivity index (χ1) is 22.2. The van der Waals surface area contributed by atoms with Crippen LogP contribution in [0.25, 0.3) is 10.9 Å². The number of allylic oxidation sites excluding steroid dienone is 2. The minimum Gasteiger partial charge on any atom is -0.457 e. The number of fused-ring (bicyclic) bond motifs is 1. The van der Waals surface area contributed by atoms with E-state index in [2.05, 4.69) is 17.9 Å². The van der Waals surface area contributed by atoms with Crippen LogP contribution < -0.4 is 4.74 Å². The van der Waals surface area contributed by atoms with E-state index >= 15 is 0 Å². The van der Waals surface area contributed by atoms with Crippen LogP contribution in [-0.4, -0.2) is 76.0 Å². The number of likely N-dealkylation sites (tertiary alicyclic amines) is 2. The van der Waals surface area contributed by atoms with Crippen molar-refractivity contribution in [2.24, 2.45) is 11.8 Å². The summed E-state index contributed by atoms with van der Waals surface area (Å²) in [5.74, 6) is 3.16. The first-order valence-electron chi connectivity index (χ1n) is 16.8. The molecule has 3 aliphatic heterocycles. The van der Waals surface area contributed by atoms with E-state index in [0.717, 1.165) is 86.4 Å². The van der Waals surface area contributed by atoms with Gasteiger partial charge in [-0.25, -0.2) is 9.97 Å². The molecule has 0 aliphatic carbocycles. The van der Waals surface area contributed by atoms with Crippen LogP contribution in [0.15, 0.2) is 54.7 Å². The monoisotopic (exact) mass is 622 g/mol. The smallest absolute Gasteiger partial charge is 0.223 e. The number of amides is 1. The molecule has 3 fully saturated rings. The summed E-state index contributed by atoms with van der Waals surface area (Å²) in [5, 5.41) is 17.4. The summed E-state index contributed by atoms with van der Waals surface area (Å²) in [6.45, 7) is 11.1. The molecular formula is C37H46N6O3. The number of nitrogens with one attached hydrogen (secondary N) is 2. The number of piperidine rings is 1. The molecule has 3 aliphatic rings. The lowest BCUT2D eigenvalue weighted by molar-refractivity contribution is -0.128. The quantitative estimate of drug-likeness (QED) is 0.242. The third-order valence-corrected chi connectivity index (χ3v) is 9.60. The zero-order valence-electron chi connectivity index (χ0n) is 27.3. The van der Waals surface area contributed by atoms with Crippen LogP contribution >= 0.6 is 0 Å². The van der Waals surface area contributed by atoms with E-state index in [0.29, 0.717) is 53.8 Å². The third-order valence-electron chi connectivity index (χ3n) is 9.60. The minimum absolute atomic E-state index is 0.117. The van der Waals surface area contributed by atoms with Crippen LogP contribution in [0.2, 0.25) is 0 Å². The van der Waals surface area contributed by atoms with Gasteiger partial charge in [-0.05, 0) is 98.7 Å². The maximum absolute atomic E-state index is 12.7. The topological polar surface area (TPSA) is 115 Å². The average molecular weight is 623 g/mol. The van der Waals surface area contributed by atoms with E-state index in [4.69, 9.17) is 30.3 Å². The highest BCUT2D eigenvalue weighted by atomic mass is 16.5. The van der Waals surface area contributed by atoms with Crippen molar-refractivity contribution in [1.29, 1.82) is 10.8 Å². The molecule has 4 heterocycles. The normalized spacial score (nSPS) is 20.3. The molecule has 46 heavy (non-hydrogen) atoms. The second-order valence-electron chi connectivity index (χ2n) is 13.5. The van der Waals surface area contributed by atoms with Crippen LogP contribution in [0, 0.1) is 22.7 Å². The highest BCUT2D eigenvalue weighted by Gasteiger charge is 2.29. The molecular weight excluding hydrogens is 576 g/mol. The van der Waals surface area contributed by atoms with Gasteiger partial charge in [-0.15, -0.1) is 0 Å². The first-order valence-corrected chi connectivity index (χ1v) is 16.8. The molecule has 3 aromatic rings. The second kappa shape index (κ2) is 14.2. The van der Waals surface area contributed by atoms with Crippen LogP contribution in [0.1, 0.15) is 75.7 Å². The van der Waals surface area contributed by atoms with Gasteiger partial charge in [0.15, 0.2) is 0 Å². The standard InChI is InChI=1S/C37H46N6O3/c1-24(2)32(38)8-9-33(39)26-4-6-31(7-5-26)46-35-20-34-28(19-29(35)23-43-22-25(3)18-36(43)44)21-40-37(41-34)27-10-14-42(15-11-27)30-12-16-45-17-13-30/h4-9,19-21,24-25,27,30,38-39H,10-18,22-23H2,1-3H3/b9-8-,38-32?,39-33?/t25-/m0/s1. The summed E-state index contributed by atoms with van der Waals surface area (Å²) in [5.41, 5.74) is 3.34. The molecule has 0 bridgehead atoms. The van der Waals surface area contributed by atoms with Crippen molar-refractivity contribution in [2.75, 3.05) is 32.8 Å². The number of hydrogen-bond acceptors (Lipinski definition) is 8. The fourth-order valence-corrected chi connectivity index (χ4v) is 6.73. The van der Waals surface area contributed by atoms with Gasteiger partial charge in [-0.1, -0.05) is 20.8 Å². The minimum atomic E-state index is 0.117. The Hall–Kier alpha value is -3.95. The number of carbonyl (C=O) groups excluding carboxylic acids is 1. The van der Waals surface area contributed by atoms with E-state index in [1.165, 1.54) is 0 Å². The number of carbonyl (C=O) groups is 1. The molecule has 1 amide bonds. The molecule has 6 rings (SSSR count). The van der Waals surface area contributed by atoms with E-state index in [-0.39, 0.29) is 11.8 Å². The predicted molar refractivity (Wildman–Crippen MR) is 181 cm³/mol. The molecule has 9 nitrogen and oxygen atoms in total. The summed E-state index contributed by atoms with van der Waals surface area (Å²) in [4.78, 5) is 27.1. The van der Waals surface area contributed by atoms with E-state index in [1.807, 2.05) is 55.3 Å². The highest BCUT2D eigenvalue weighted by molar-refractivity contribution is 6.10. The fraction of sp³-hybridized carbons (Fsp3) is 0.486. The molecule has 2 aromatic carbocycles. The van der Waals surface area contributed by atoms with E-state index in [1.54, 1.807) is 12.2 Å². The van der Waals surface area contributed by atoms with Gasteiger partial charge in [0.1, 0.15) is 17.3 Å². The van der Waals surface area contributed by atoms with Crippen LogP contribution in [-0.2, 0) is 16.1 Å². The van der Waals surface area contributed by atoms with Gasteiger partial charge in [0.2, 0.25) is 5.91 Å². The number of benzene rings is 2. The van der Waals surface area contributed by atoms with Gasteiger partial charge in [0, 0.05) is 73.6 Å². The maximum atomic E-state index is 12.7. The summed E-state index contributed by atoms with van der Waals surface area (Å²) in [6, 6.07) is 12.1. The van der Waals surface area contributed by atoms with E-state index in [9.17, 15) is 4.79 Å². The molecule has 0 spiro atoms. The second-order valence-corrected chi connectivity index (χ2v) is 13.5. The number of aromatic nitrogens is 2. The number of rotatable bonds is 10. The Morgan fingerprint density at radius 3 is 2.48 bits per heavy atom. The zero-order valence-corrected chi connectivity index (χ0v) is 27.3. The molecule has 1 atom stereocenters. The first kappa shape index (κ1) is 32.0. The average Bonchev–Trinajstić information content (AvgIpc) is 3.39. The Bertz CT molecular complexity index is 1600. The number of ether oxygens (including phenoxy) is 2. The summed E-state index contributed by atoms with van der Waals surface area (Å²) in [7, 11) is 0. The van der Waals surface area contributed by atoms with Crippen molar-refractivity contribution in [3.05, 3.63) is 71.7 Å². The highest BCUT2D eigenvalue weighted by Crippen LogP contribution is 2.34. The Morgan fingerprint density at radius 1 is 1.07 bits per heavy atom. The summed E-state index contributed by atoms with van der Waals surface area (Å²) >= 11 is 0. The molecule has 3 saturated heterocycles. The Kier molecular flexibility index (Phi) is 9.89. The largest absolute Gasteiger partial charge is 0.457 e. The molecule has 0 unspecified atom stereocenters. The third kappa shape index (κ3) is 7.53. The molecule has 242 valence electrons. The Balaban J connectivity index is 1.22. The zero-order chi connectivity index (χ0) is 32.2. The lowest BCUT2D eigenvalue weighted by Gasteiger charge is -2.38. The van der Waals surface area contributed by atoms with Crippen molar-refractivity contribution < 1.29 is 14.3 Å². The Morgan fingerprint density at radius 2 is 1.80 bits per heavy atom. The summed E-state index contributed by atoms with van der Waals surface area (Å²) < 4.78 is 12.1. The van der Waals surface area contributed by atoms with E-state index < -0.39 is 0 Å². The molecule has 0 saturated carbocycles. The van der Waals surface area contributed by atoms with Gasteiger partial charge < -0.3 is 30.1 Å². The van der Waals surface area contributed by atoms with Gasteiger partial charge in [0.25, 0.3) is 0 Å². The van der Waals surface area contributed by atoms with Crippen molar-refractivity contribution in [3.8, 4) is 11.5 Å². The molecule has 9 heteroatoms. The van der Waals surface area contributed by atoms with Gasteiger partial charge >= 0.3 is 0 Å². The van der Waals surface area contributed by atoms with Crippen molar-refractivity contribution in [3.63, 3.8) is 0 Å². The van der Waals surface area contributed by atoms with Gasteiger partial charge in [-0.3, -0.25) is 4.79 Å². The molecule has 2 N–H and O–H groups in total. The molecule has 0 radical (unpaired) electrons. The van der Waals surface area contributed by atoms with Crippen molar-refractivity contribution in [1.82, 2.24) is 19.8 Å². The number of nitrogens with zero attached hydrogens (tertiary/aromatic N) is 4.